The molecular weight excluding hydrogens is 266 g/mol. The third kappa shape index (κ3) is 5.05. The van der Waals surface area contributed by atoms with Crippen molar-refractivity contribution in [2.24, 2.45) is 0 Å². The third-order valence-electron chi connectivity index (χ3n) is 3.95. The van der Waals surface area contributed by atoms with Crippen molar-refractivity contribution in [2.45, 2.75) is 57.6 Å². The first-order chi connectivity index (χ1) is 10.2. The average Bonchev–Trinajstić information content (AvgIpc) is 2.74. The molecule has 0 spiro atoms. The summed E-state index contributed by atoms with van der Waals surface area (Å²) in [6.07, 6.45) is 6.44. The highest BCUT2D eigenvalue weighted by atomic mass is 16.5. The number of carbonyl (C=O) groups excluding carboxylic acids is 1. The van der Waals surface area contributed by atoms with Gasteiger partial charge in [-0.05, 0) is 25.8 Å². The van der Waals surface area contributed by atoms with Crippen LogP contribution in [0.1, 0.15) is 57.1 Å². The number of amides is 1. The van der Waals surface area contributed by atoms with Crippen LogP contribution in [0, 0.1) is 0 Å². The zero-order chi connectivity index (χ0) is 15.1. The Labute approximate surface area is 126 Å². The molecule has 1 fully saturated rings. The number of hydrogen-bond donors (Lipinski definition) is 2. The van der Waals surface area contributed by atoms with Gasteiger partial charge in [-0.3, -0.25) is 4.79 Å². The van der Waals surface area contributed by atoms with Crippen molar-refractivity contribution in [3.63, 3.8) is 0 Å². The minimum absolute atomic E-state index is 0.000231. The van der Waals surface area contributed by atoms with E-state index in [4.69, 9.17) is 4.74 Å². The van der Waals surface area contributed by atoms with E-state index in [9.17, 15) is 9.90 Å². The van der Waals surface area contributed by atoms with E-state index >= 15 is 0 Å². The van der Waals surface area contributed by atoms with Gasteiger partial charge in [-0.15, -0.1) is 0 Å². The zero-order valence-corrected chi connectivity index (χ0v) is 12.7. The fourth-order valence-electron chi connectivity index (χ4n) is 2.79. The molecule has 1 aromatic carbocycles. The van der Waals surface area contributed by atoms with Gasteiger partial charge in [0, 0.05) is 11.6 Å². The molecule has 1 saturated carbocycles. The van der Waals surface area contributed by atoms with Crippen LogP contribution in [-0.2, 0) is 4.79 Å². The summed E-state index contributed by atoms with van der Waals surface area (Å²) < 4.78 is 5.56. The van der Waals surface area contributed by atoms with Crippen LogP contribution in [0.15, 0.2) is 24.3 Å². The van der Waals surface area contributed by atoms with Gasteiger partial charge >= 0.3 is 0 Å². The quantitative estimate of drug-likeness (QED) is 0.820. The van der Waals surface area contributed by atoms with Crippen molar-refractivity contribution in [3.05, 3.63) is 29.8 Å². The van der Waals surface area contributed by atoms with Crippen LogP contribution in [0.3, 0.4) is 0 Å². The molecule has 1 aliphatic rings. The molecule has 2 rings (SSSR count). The summed E-state index contributed by atoms with van der Waals surface area (Å²) in [7, 11) is 0. The van der Waals surface area contributed by atoms with E-state index in [0.717, 1.165) is 12.8 Å². The number of nitrogens with one attached hydrogen (secondary N) is 1. The topological polar surface area (TPSA) is 58.6 Å². The van der Waals surface area contributed by atoms with Gasteiger partial charge in [0.1, 0.15) is 5.75 Å². The largest absolute Gasteiger partial charge is 0.483 e. The van der Waals surface area contributed by atoms with E-state index < -0.39 is 6.10 Å². The molecule has 1 atom stereocenters. The predicted octanol–water partition coefficient (Wildman–Crippen LogP) is 2.96. The molecule has 1 amide bonds. The van der Waals surface area contributed by atoms with Gasteiger partial charge in [-0.2, -0.15) is 0 Å². The fraction of sp³-hybridized carbons (Fsp3) is 0.588. The van der Waals surface area contributed by atoms with Crippen LogP contribution >= 0.6 is 0 Å². The lowest BCUT2D eigenvalue weighted by Crippen LogP contribution is -2.37. The molecule has 1 aromatic rings. The first-order valence-electron chi connectivity index (χ1n) is 7.86. The molecule has 0 saturated heterocycles. The Bertz CT molecular complexity index is 451. The van der Waals surface area contributed by atoms with Gasteiger partial charge in [-0.25, -0.2) is 0 Å². The van der Waals surface area contributed by atoms with Crippen LogP contribution in [0.25, 0.3) is 0 Å². The van der Waals surface area contributed by atoms with E-state index in [-0.39, 0.29) is 18.6 Å². The van der Waals surface area contributed by atoms with Crippen molar-refractivity contribution >= 4 is 5.91 Å². The van der Waals surface area contributed by atoms with Gasteiger partial charge in [0.2, 0.25) is 0 Å². The highest BCUT2D eigenvalue weighted by Crippen LogP contribution is 2.24. The maximum Gasteiger partial charge on any atom is 0.258 e. The van der Waals surface area contributed by atoms with Crippen LogP contribution in [-0.4, -0.2) is 23.7 Å². The lowest BCUT2D eigenvalue weighted by Gasteiger charge is -2.17. The van der Waals surface area contributed by atoms with Gasteiger partial charge in [0.05, 0.1) is 6.10 Å². The molecular formula is C17H25NO3. The molecule has 0 radical (unpaired) electrons. The van der Waals surface area contributed by atoms with E-state index in [1.807, 2.05) is 18.2 Å². The zero-order valence-electron chi connectivity index (χ0n) is 12.7. The van der Waals surface area contributed by atoms with Crippen molar-refractivity contribution in [1.82, 2.24) is 5.32 Å². The van der Waals surface area contributed by atoms with Crippen molar-refractivity contribution in [3.8, 4) is 5.75 Å². The lowest BCUT2D eigenvalue weighted by molar-refractivity contribution is -0.123. The second kappa shape index (κ2) is 8.03. The minimum Gasteiger partial charge on any atom is -0.483 e. The number of aliphatic hydroxyl groups excluding tert-OH is 1. The molecule has 0 bridgehead atoms. The SMILES string of the molecule is C[C@H](O)c1ccccc1OCC(=O)NC1CCCCCC1. The van der Waals surface area contributed by atoms with Crippen molar-refractivity contribution in [2.75, 3.05) is 6.61 Å². The second-order valence-corrected chi connectivity index (χ2v) is 5.76. The number of hydrogen-bond acceptors (Lipinski definition) is 3. The van der Waals surface area contributed by atoms with E-state index in [0.29, 0.717) is 11.3 Å². The lowest BCUT2D eigenvalue weighted by atomic mass is 10.1. The standard InChI is InChI=1S/C17H25NO3/c1-13(19)15-10-6-7-11-16(15)21-12-17(20)18-14-8-4-2-3-5-9-14/h6-7,10-11,13-14,19H,2-5,8-9,12H2,1H3,(H,18,20)/t13-/m0/s1. The van der Waals surface area contributed by atoms with Crippen LogP contribution in [0.2, 0.25) is 0 Å². The number of ether oxygens (including phenoxy) is 1. The summed E-state index contributed by atoms with van der Waals surface area (Å²) >= 11 is 0. The molecule has 4 nitrogen and oxygen atoms in total. The summed E-state index contributed by atoms with van der Waals surface area (Å²) in [6.45, 7) is 1.69. The smallest absolute Gasteiger partial charge is 0.258 e. The van der Waals surface area contributed by atoms with Gasteiger partial charge < -0.3 is 15.2 Å². The number of rotatable bonds is 5. The number of aliphatic hydroxyl groups is 1. The molecule has 21 heavy (non-hydrogen) atoms. The summed E-state index contributed by atoms with van der Waals surface area (Å²) in [5.74, 6) is 0.491. The average molecular weight is 291 g/mol. The molecule has 0 unspecified atom stereocenters. The monoisotopic (exact) mass is 291 g/mol. The Morgan fingerprint density at radius 1 is 1.29 bits per heavy atom. The second-order valence-electron chi connectivity index (χ2n) is 5.76. The van der Waals surface area contributed by atoms with E-state index in [1.54, 1.807) is 13.0 Å². The predicted molar refractivity (Wildman–Crippen MR) is 82.2 cm³/mol. The molecule has 116 valence electrons. The Morgan fingerprint density at radius 3 is 2.62 bits per heavy atom. The minimum atomic E-state index is -0.605. The molecule has 0 heterocycles. The van der Waals surface area contributed by atoms with Crippen LogP contribution < -0.4 is 10.1 Å². The number of benzene rings is 1. The van der Waals surface area contributed by atoms with Gasteiger partial charge in [0.15, 0.2) is 6.61 Å². The Kier molecular flexibility index (Phi) is 6.05. The van der Waals surface area contributed by atoms with Crippen molar-refractivity contribution in [1.29, 1.82) is 0 Å². The highest BCUT2D eigenvalue weighted by molar-refractivity contribution is 5.77. The first kappa shape index (κ1) is 15.8. The Morgan fingerprint density at radius 2 is 1.95 bits per heavy atom. The van der Waals surface area contributed by atoms with E-state index in [1.165, 1.54) is 25.7 Å². The van der Waals surface area contributed by atoms with Gasteiger partial charge in [-0.1, -0.05) is 43.9 Å². The Hall–Kier alpha value is -1.55. The van der Waals surface area contributed by atoms with E-state index in [2.05, 4.69) is 5.32 Å². The maximum atomic E-state index is 12.0. The summed E-state index contributed by atoms with van der Waals surface area (Å²) in [6, 6.07) is 7.56. The third-order valence-corrected chi connectivity index (χ3v) is 3.95. The fourth-order valence-corrected chi connectivity index (χ4v) is 2.79. The summed E-state index contributed by atoms with van der Waals surface area (Å²) in [4.78, 5) is 12.0. The highest BCUT2D eigenvalue weighted by Gasteiger charge is 2.15. The number of carbonyl (C=O) groups is 1. The summed E-state index contributed by atoms with van der Waals surface area (Å²) in [5, 5.41) is 12.7. The van der Waals surface area contributed by atoms with Gasteiger partial charge in [0.25, 0.3) is 5.91 Å². The van der Waals surface area contributed by atoms with Crippen LogP contribution in [0.4, 0.5) is 0 Å². The number of para-hydroxylation sites is 1. The first-order valence-corrected chi connectivity index (χ1v) is 7.86. The molecule has 1 aliphatic carbocycles. The molecule has 4 heteroatoms. The maximum absolute atomic E-state index is 12.0. The molecule has 2 N–H and O–H groups in total. The normalized spacial score (nSPS) is 17.8. The van der Waals surface area contributed by atoms with Crippen LogP contribution in [0.5, 0.6) is 5.75 Å². The molecule has 0 aliphatic heterocycles. The summed E-state index contributed by atoms with van der Waals surface area (Å²) in [5.41, 5.74) is 0.708. The van der Waals surface area contributed by atoms with Crippen molar-refractivity contribution < 1.29 is 14.6 Å². The Balaban J connectivity index is 1.83. The molecule has 0 aromatic heterocycles.